The average Bonchev–Trinajstić information content (AvgIpc) is 2.49. The van der Waals surface area contributed by atoms with Crippen molar-refractivity contribution in [1.82, 2.24) is 20.2 Å². The van der Waals surface area contributed by atoms with Gasteiger partial charge >= 0.3 is 0 Å². The Morgan fingerprint density at radius 1 is 1.50 bits per heavy atom. The van der Waals surface area contributed by atoms with Gasteiger partial charge in [-0.3, -0.25) is 0 Å². The van der Waals surface area contributed by atoms with E-state index in [1.165, 1.54) is 0 Å². The Balaban J connectivity index is 2.04. The minimum absolute atomic E-state index is 0.305. The third-order valence-corrected chi connectivity index (χ3v) is 1.69. The molecule has 1 atom stereocenters. The van der Waals surface area contributed by atoms with Crippen molar-refractivity contribution in [3.63, 3.8) is 0 Å². The molecule has 0 spiro atoms. The zero-order valence-corrected chi connectivity index (χ0v) is 7.35. The minimum Gasteiger partial charge on any atom is -0.328 e. The Hall–Kier alpha value is -0.970. The van der Waals surface area contributed by atoms with Crippen LogP contribution in [0, 0.1) is 0 Å². The highest BCUT2D eigenvalue weighted by atomic mass is 15.5. The smallest absolute Gasteiger partial charge is 0.138 e. The van der Waals surface area contributed by atoms with Gasteiger partial charge < -0.3 is 5.73 Å². The fourth-order valence-corrected chi connectivity index (χ4v) is 1.02. The SMILES string of the molecule is CC(N)CCCCn1cnnn1. The topological polar surface area (TPSA) is 69.6 Å². The Labute approximate surface area is 71.9 Å². The van der Waals surface area contributed by atoms with E-state index in [1.807, 2.05) is 6.92 Å². The Bertz CT molecular complexity index is 194. The first kappa shape index (κ1) is 9.12. The maximum atomic E-state index is 5.60. The van der Waals surface area contributed by atoms with E-state index in [-0.39, 0.29) is 0 Å². The highest BCUT2D eigenvalue weighted by Gasteiger charge is 1.95. The molecule has 0 aliphatic heterocycles. The van der Waals surface area contributed by atoms with Crippen LogP contribution in [-0.2, 0) is 6.54 Å². The summed E-state index contributed by atoms with van der Waals surface area (Å²) in [7, 11) is 0. The van der Waals surface area contributed by atoms with E-state index in [9.17, 15) is 0 Å². The number of nitrogens with zero attached hydrogens (tertiary/aromatic N) is 4. The van der Waals surface area contributed by atoms with Crippen LogP contribution < -0.4 is 5.73 Å². The van der Waals surface area contributed by atoms with Crippen LogP contribution >= 0.6 is 0 Å². The molecule has 1 unspecified atom stereocenters. The van der Waals surface area contributed by atoms with E-state index >= 15 is 0 Å². The van der Waals surface area contributed by atoms with E-state index in [2.05, 4.69) is 15.5 Å². The van der Waals surface area contributed by atoms with Crippen molar-refractivity contribution >= 4 is 0 Å². The molecular formula is C7H15N5. The third kappa shape index (κ3) is 3.43. The van der Waals surface area contributed by atoms with Crippen molar-refractivity contribution in [3.8, 4) is 0 Å². The molecule has 0 saturated heterocycles. The molecule has 0 radical (unpaired) electrons. The van der Waals surface area contributed by atoms with Gasteiger partial charge in [-0.25, -0.2) is 4.68 Å². The van der Waals surface area contributed by atoms with Gasteiger partial charge in [0.1, 0.15) is 6.33 Å². The molecule has 0 amide bonds. The summed E-state index contributed by atoms with van der Waals surface area (Å²) in [5.41, 5.74) is 5.60. The van der Waals surface area contributed by atoms with E-state index in [0.717, 1.165) is 25.8 Å². The van der Waals surface area contributed by atoms with E-state index in [1.54, 1.807) is 11.0 Å². The maximum absolute atomic E-state index is 5.60. The van der Waals surface area contributed by atoms with Gasteiger partial charge in [-0.05, 0) is 30.2 Å². The molecule has 0 bridgehead atoms. The molecular weight excluding hydrogens is 154 g/mol. The second-order valence-electron chi connectivity index (χ2n) is 3.05. The molecule has 5 nitrogen and oxygen atoms in total. The quantitative estimate of drug-likeness (QED) is 0.639. The number of nitrogens with two attached hydrogens (primary N) is 1. The van der Waals surface area contributed by atoms with E-state index in [0.29, 0.717) is 6.04 Å². The summed E-state index contributed by atoms with van der Waals surface area (Å²) in [5, 5.41) is 10.8. The normalized spacial score (nSPS) is 13.2. The van der Waals surface area contributed by atoms with Crippen LogP contribution in [-0.4, -0.2) is 26.2 Å². The van der Waals surface area contributed by atoms with Crippen LogP contribution in [0.4, 0.5) is 0 Å². The lowest BCUT2D eigenvalue weighted by molar-refractivity contribution is 0.510. The van der Waals surface area contributed by atoms with E-state index in [4.69, 9.17) is 5.73 Å². The van der Waals surface area contributed by atoms with Crippen molar-refractivity contribution in [1.29, 1.82) is 0 Å². The van der Waals surface area contributed by atoms with Crippen LogP contribution in [0.2, 0.25) is 0 Å². The first-order valence-corrected chi connectivity index (χ1v) is 4.25. The van der Waals surface area contributed by atoms with Crippen molar-refractivity contribution in [2.75, 3.05) is 0 Å². The standard InChI is InChI=1S/C7H15N5/c1-7(8)4-2-3-5-12-6-9-10-11-12/h6-7H,2-5,8H2,1H3. The molecule has 68 valence electrons. The van der Waals surface area contributed by atoms with E-state index < -0.39 is 0 Å². The summed E-state index contributed by atoms with van der Waals surface area (Å²) < 4.78 is 1.74. The Morgan fingerprint density at radius 2 is 2.33 bits per heavy atom. The lowest BCUT2D eigenvalue weighted by Crippen LogP contribution is -2.14. The van der Waals surface area contributed by atoms with Gasteiger partial charge in [0, 0.05) is 12.6 Å². The number of hydrogen-bond acceptors (Lipinski definition) is 4. The zero-order chi connectivity index (χ0) is 8.81. The molecule has 1 aromatic rings. The van der Waals surface area contributed by atoms with Gasteiger partial charge in [-0.1, -0.05) is 6.42 Å². The third-order valence-electron chi connectivity index (χ3n) is 1.69. The largest absolute Gasteiger partial charge is 0.328 e. The van der Waals surface area contributed by atoms with Gasteiger partial charge in [0.2, 0.25) is 0 Å². The molecule has 0 aromatic carbocycles. The first-order chi connectivity index (χ1) is 5.79. The predicted molar refractivity (Wildman–Crippen MR) is 45.3 cm³/mol. The lowest BCUT2D eigenvalue weighted by Gasteiger charge is -2.03. The molecule has 0 fully saturated rings. The van der Waals surface area contributed by atoms with Crippen molar-refractivity contribution in [2.24, 2.45) is 5.73 Å². The number of hydrogen-bond donors (Lipinski definition) is 1. The fraction of sp³-hybridized carbons (Fsp3) is 0.857. The number of aromatic nitrogens is 4. The predicted octanol–water partition coefficient (Wildman–Crippen LogP) is 0.191. The average molecular weight is 169 g/mol. The van der Waals surface area contributed by atoms with Crippen LogP contribution in [0.15, 0.2) is 6.33 Å². The molecule has 0 saturated carbocycles. The van der Waals surface area contributed by atoms with Crippen molar-refractivity contribution < 1.29 is 0 Å². The summed E-state index contributed by atoms with van der Waals surface area (Å²) in [6.07, 6.45) is 4.93. The van der Waals surface area contributed by atoms with Crippen LogP contribution in [0.1, 0.15) is 26.2 Å². The second kappa shape index (κ2) is 4.82. The van der Waals surface area contributed by atoms with Gasteiger partial charge in [0.25, 0.3) is 0 Å². The van der Waals surface area contributed by atoms with Crippen LogP contribution in [0.25, 0.3) is 0 Å². The highest BCUT2D eigenvalue weighted by molar-refractivity contribution is 4.54. The number of unbranched alkanes of at least 4 members (excludes halogenated alkanes) is 1. The number of tetrazole rings is 1. The molecule has 12 heavy (non-hydrogen) atoms. The molecule has 1 rings (SSSR count). The summed E-state index contributed by atoms with van der Waals surface area (Å²) in [6.45, 7) is 2.91. The summed E-state index contributed by atoms with van der Waals surface area (Å²) in [4.78, 5) is 0. The summed E-state index contributed by atoms with van der Waals surface area (Å²) in [6, 6.07) is 0.305. The molecule has 5 heteroatoms. The lowest BCUT2D eigenvalue weighted by atomic mass is 10.1. The summed E-state index contributed by atoms with van der Waals surface area (Å²) >= 11 is 0. The Morgan fingerprint density at radius 3 is 2.92 bits per heavy atom. The fourth-order valence-electron chi connectivity index (χ4n) is 1.02. The summed E-state index contributed by atoms with van der Waals surface area (Å²) in [5.74, 6) is 0. The second-order valence-corrected chi connectivity index (χ2v) is 3.05. The Kier molecular flexibility index (Phi) is 3.66. The minimum atomic E-state index is 0.305. The monoisotopic (exact) mass is 169 g/mol. The molecule has 0 aliphatic carbocycles. The zero-order valence-electron chi connectivity index (χ0n) is 7.35. The van der Waals surface area contributed by atoms with Gasteiger partial charge in [-0.2, -0.15) is 0 Å². The molecule has 2 N–H and O–H groups in total. The van der Waals surface area contributed by atoms with Crippen molar-refractivity contribution in [2.45, 2.75) is 38.8 Å². The highest BCUT2D eigenvalue weighted by Crippen LogP contribution is 1.99. The number of rotatable bonds is 5. The molecule has 0 aliphatic rings. The van der Waals surface area contributed by atoms with Gasteiger partial charge in [-0.15, -0.1) is 5.10 Å². The first-order valence-electron chi connectivity index (χ1n) is 4.25. The van der Waals surface area contributed by atoms with Crippen molar-refractivity contribution in [3.05, 3.63) is 6.33 Å². The molecule has 1 heterocycles. The number of aryl methyl sites for hydroxylation is 1. The van der Waals surface area contributed by atoms with Gasteiger partial charge in [0.05, 0.1) is 0 Å². The van der Waals surface area contributed by atoms with Crippen LogP contribution in [0.3, 0.4) is 0 Å². The van der Waals surface area contributed by atoms with Crippen LogP contribution in [0.5, 0.6) is 0 Å². The maximum Gasteiger partial charge on any atom is 0.138 e. The van der Waals surface area contributed by atoms with Gasteiger partial charge in [0.15, 0.2) is 0 Å². The molecule has 1 aromatic heterocycles.